The van der Waals surface area contributed by atoms with Crippen LogP contribution in [0.25, 0.3) is 6.08 Å². The lowest BCUT2D eigenvalue weighted by Gasteiger charge is -2.36. The van der Waals surface area contributed by atoms with E-state index in [0.29, 0.717) is 10.7 Å². The lowest BCUT2D eigenvalue weighted by atomic mass is 9.88. The number of para-hydroxylation sites is 2. The van der Waals surface area contributed by atoms with Gasteiger partial charge in [-0.25, -0.2) is 9.69 Å². The Morgan fingerprint density at radius 1 is 0.707 bits per heavy atom. The highest BCUT2D eigenvalue weighted by Crippen LogP contribution is 2.50. The molecule has 7 heteroatoms. The molecule has 3 aliphatic heterocycles. The van der Waals surface area contributed by atoms with Crippen molar-refractivity contribution in [3.05, 3.63) is 137 Å². The Morgan fingerprint density at radius 2 is 1.27 bits per heavy atom. The van der Waals surface area contributed by atoms with E-state index < -0.39 is 41.9 Å². The Hall–Kier alpha value is -4.68. The number of carbonyl (C=O) groups excluding carboxylic acids is 3. The molecule has 2 saturated heterocycles. The van der Waals surface area contributed by atoms with Crippen molar-refractivity contribution in [1.29, 1.82) is 0 Å². The number of nitrogens with zero attached hydrogens (tertiary/aromatic N) is 2. The predicted octanol–water partition coefficient (Wildman–Crippen LogP) is 6.06. The number of ether oxygens (including phenoxy) is 1. The van der Waals surface area contributed by atoms with E-state index in [2.05, 4.69) is 0 Å². The predicted molar refractivity (Wildman–Crippen MR) is 157 cm³/mol. The number of anilines is 2. The van der Waals surface area contributed by atoms with Gasteiger partial charge in [-0.2, -0.15) is 0 Å². The van der Waals surface area contributed by atoms with Crippen LogP contribution in [0.5, 0.6) is 0 Å². The van der Waals surface area contributed by atoms with Crippen molar-refractivity contribution in [2.24, 2.45) is 11.8 Å². The molecule has 0 unspecified atom stereocenters. The molecule has 0 N–H and O–H groups in total. The Kier molecular flexibility index (Phi) is 6.20. The van der Waals surface area contributed by atoms with Gasteiger partial charge < -0.3 is 9.64 Å². The van der Waals surface area contributed by atoms with Gasteiger partial charge in [-0.05, 0) is 34.9 Å². The largest absolute Gasteiger partial charge is 0.451 e. The summed E-state index contributed by atoms with van der Waals surface area (Å²) in [6.45, 7) is 0. The fourth-order valence-electron chi connectivity index (χ4n) is 6.42. The van der Waals surface area contributed by atoms with Crippen LogP contribution in [0.3, 0.4) is 0 Å². The van der Waals surface area contributed by atoms with Crippen LogP contribution in [-0.2, 0) is 19.1 Å². The minimum absolute atomic E-state index is 0.294. The third-order valence-corrected chi connectivity index (χ3v) is 8.51. The van der Waals surface area contributed by atoms with Gasteiger partial charge >= 0.3 is 5.97 Å². The molecule has 2 fully saturated rings. The van der Waals surface area contributed by atoms with E-state index >= 15 is 0 Å². The van der Waals surface area contributed by atoms with Gasteiger partial charge in [0.1, 0.15) is 6.04 Å². The number of hydrogen-bond acceptors (Lipinski definition) is 5. The maximum atomic E-state index is 14.4. The summed E-state index contributed by atoms with van der Waals surface area (Å²) in [5.74, 6) is -3.10. The Labute approximate surface area is 242 Å². The van der Waals surface area contributed by atoms with Gasteiger partial charge in [-0.3, -0.25) is 9.59 Å². The van der Waals surface area contributed by atoms with Gasteiger partial charge in [0.25, 0.3) is 0 Å². The second-order valence-corrected chi connectivity index (χ2v) is 10.8. The number of hydrogen-bond donors (Lipinski definition) is 0. The Balaban J connectivity index is 1.33. The minimum Gasteiger partial charge on any atom is -0.451 e. The number of halogens is 1. The summed E-state index contributed by atoms with van der Waals surface area (Å²) in [5, 5.41) is 0.294. The minimum atomic E-state index is -1.02. The molecular weight excluding hydrogens is 536 g/mol. The molecular formula is C34H25ClN2O4. The molecule has 0 radical (unpaired) electrons. The highest BCUT2D eigenvalue weighted by molar-refractivity contribution is 6.36. The molecule has 7 rings (SSSR count). The van der Waals surface area contributed by atoms with Gasteiger partial charge in [0.05, 0.1) is 28.6 Å². The molecule has 4 aromatic carbocycles. The van der Waals surface area contributed by atoms with Crippen molar-refractivity contribution in [3.8, 4) is 0 Å². The van der Waals surface area contributed by atoms with E-state index in [1.54, 1.807) is 24.3 Å². The standard InChI is InChI=1S/C34H25ClN2O4/c35-24-16-8-10-18-26(24)37-32(38)28-27-20-19-21-11-7-9-17-25(21)36(27)30(29(28)33(37)39)34(40)41-31(22-12-3-1-4-13-22)23-14-5-2-6-15-23/h1-20,27-31H/t27-,28+,29+,30-/m0/s1. The van der Waals surface area contributed by atoms with E-state index in [4.69, 9.17) is 16.3 Å². The molecule has 0 bridgehead atoms. The van der Waals surface area contributed by atoms with Gasteiger partial charge in [-0.1, -0.05) is 115 Å². The van der Waals surface area contributed by atoms with Gasteiger partial charge in [0, 0.05) is 5.69 Å². The molecule has 41 heavy (non-hydrogen) atoms. The van der Waals surface area contributed by atoms with E-state index in [-0.39, 0.29) is 5.91 Å². The Bertz CT molecular complexity index is 1650. The summed E-state index contributed by atoms with van der Waals surface area (Å²) in [4.78, 5) is 45.5. The van der Waals surface area contributed by atoms with E-state index in [1.807, 2.05) is 102 Å². The number of benzene rings is 4. The van der Waals surface area contributed by atoms with E-state index in [1.165, 1.54) is 0 Å². The molecule has 0 aliphatic carbocycles. The van der Waals surface area contributed by atoms with Crippen molar-refractivity contribution in [2.45, 2.75) is 18.2 Å². The zero-order valence-corrected chi connectivity index (χ0v) is 22.6. The maximum absolute atomic E-state index is 14.4. The van der Waals surface area contributed by atoms with Crippen LogP contribution in [0.4, 0.5) is 11.4 Å². The molecule has 2 amide bonds. The molecule has 4 atom stereocenters. The highest BCUT2D eigenvalue weighted by Gasteiger charge is 2.65. The molecule has 0 saturated carbocycles. The van der Waals surface area contributed by atoms with E-state index in [0.717, 1.165) is 27.3 Å². The first-order valence-electron chi connectivity index (χ1n) is 13.5. The number of imide groups is 1. The lowest BCUT2D eigenvalue weighted by molar-refractivity contribution is -0.151. The lowest BCUT2D eigenvalue weighted by Crippen LogP contribution is -2.49. The first-order chi connectivity index (χ1) is 20.0. The summed E-state index contributed by atoms with van der Waals surface area (Å²) in [7, 11) is 0. The average molecular weight is 561 g/mol. The topological polar surface area (TPSA) is 66.9 Å². The number of amides is 2. The van der Waals surface area contributed by atoms with Crippen LogP contribution in [0, 0.1) is 11.8 Å². The number of carbonyl (C=O) groups is 3. The van der Waals surface area contributed by atoms with Crippen LogP contribution in [0.15, 0.2) is 115 Å². The molecule has 0 spiro atoms. The fraction of sp³-hybridized carbons (Fsp3) is 0.147. The monoisotopic (exact) mass is 560 g/mol. The first kappa shape index (κ1) is 25.3. The van der Waals surface area contributed by atoms with Crippen molar-refractivity contribution in [3.63, 3.8) is 0 Å². The van der Waals surface area contributed by atoms with Gasteiger partial charge in [0.2, 0.25) is 11.8 Å². The summed E-state index contributed by atoms with van der Waals surface area (Å²) in [6, 6.07) is 32.0. The molecule has 0 aromatic heterocycles. The second-order valence-electron chi connectivity index (χ2n) is 10.4. The smallest absolute Gasteiger partial charge is 0.330 e. The van der Waals surface area contributed by atoms with Crippen LogP contribution in [-0.4, -0.2) is 29.9 Å². The molecule has 4 aromatic rings. The highest BCUT2D eigenvalue weighted by atomic mass is 35.5. The van der Waals surface area contributed by atoms with Crippen LogP contribution in [0.1, 0.15) is 22.8 Å². The van der Waals surface area contributed by atoms with Crippen LogP contribution in [0.2, 0.25) is 5.02 Å². The van der Waals surface area contributed by atoms with Crippen molar-refractivity contribution in [1.82, 2.24) is 0 Å². The van der Waals surface area contributed by atoms with Crippen molar-refractivity contribution < 1.29 is 19.1 Å². The zero-order valence-electron chi connectivity index (χ0n) is 21.8. The number of esters is 1. The molecule has 202 valence electrons. The van der Waals surface area contributed by atoms with Gasteiger partial charge in [0.15, 0.2) is 6.10 Å². The van der Waals surface area contributed by atoms with Gasteiger partial charge in [-0.15, -0.1) is 0 Å². The Morgan fingerprint density at radius 3 is 1.93 bits per heavy atom. The number of fused-ring (bicyclic) bond motifs is 5. The van der Waals surface area contributed by atoms with Crippen molar-refractivity contribution in [2.75, 3.05) is 9.80 Å². The number of rotatable bonds is 5. The summed E-state index contributed by atoms with van der Waals surface area (Å²) < 4.78 is 6.31. The molecule has 3 heterocycles. The second kappa shape index (κ2) is 10.1. The average Bonchev–Trinajstić information content (AvgIpc) is 3.49. The van der Waals surface area contributed by atoms with Crippen LogP contribution < -0.4 is 9.80 Å². The third-order valence-electron chi connectivity index (χ3n) is 8.19. The zero-order chi connectivity index (χ0) is 28.1. The molecule has 6 nitrogen and oxygen atoms in total. The summed E-state index contributed by atoms with van der Waals surface area (Å²) in [6.07, 6.45) is 3.18. The third kappa shape index (κ3) is 4.06. The maximum Gasteiger partial charge on any atom is 0.330 e. The fourth-order valence-corrected chi connectivity index (χ4v) is 6.65. The normalized spacial score (nSPS) is 22.5. The van der Waals surface area contributed by atoms with E-state index in [9.17, 15) is 14.4 Å². The quantitative estimate of drug-likeness (QED) is 0.219. The first-order valence-corrected chi connectivity index (χ1v) is 13.9. The van der Waals surface area contributed by atoms with Crippen LogP contribution >= 0.6 is 11.6 Å². The molecule has 3 aliphatic rings. The summed E-state index contributed by atoms with van der Waals surface area (Å²) >= 11 is 6.44. The SMILES string of the molecule is O=C(OC(c1ccccc1)c1ccccc1)[C@@H]1[C@@H]2C(=O)N(c3ccccc3Cl)C(=O)[C@@H]2[C@@H]2C=Cc3ccccc3N12. The van der Waals surface area contributed by atoms with Crippen molar-refractivity contribution >= 4 is 46.8 Å². The summed E-state index contributed by atoms with van der Waals surface area (Å²) in [5.41, 5.74) is 3.64.